The Balaban J connectivity index is 1.46. The fourth-order valence-corrected chi connectivity index (χ4v) is 7.76. The van der Waals surface area contributed by atoms with E-state index in [0.717, 1.165) is 64.2 Å². The Morgan fingerprint density at radius 2 is 1.54 bits per heavy atom. The van der Waals surface area contributed by atoms with Gasteiger partial charge in [-0.2, -0.15) is 22.4 Å². The number of esters is 1. The Labute approximate surface area is 341 Å². The molecular weight excluding hydrogens is 787 g/mol. The number of phosphoric acid groups is 1. The van der Waals surface area contributed by atoms with Gasteiger partial charge in [-0.05, 0) is 38.5 Å². The normalized spacial score (nSPS) is 23.5. The number of nitrogens with two attached hydrogens (primary N) is 1. The van der Waals surface area contributed by atoms with E-state index >= 15 is 0 Å². The summed E-state index contributed by atoms with van der Waals surface area (Å²) in [5.74, 6) is -1.20. The predicted molar refractivity (Wildman–Crippen MR) is 213 cm³/mol. The first-order chi connectivity index (χ1) is 26.9. The van der Waals surface area contributed by atoms with Gasteiger partial charge in [0.2, 0.25) is 0 Å². The van der Waals surface area contributed by atoms with Gasteiger partial charge in [0.25, 0.3) is 0 Å². The number of aliphatic hydroxyl groups excluding tert-OH is 2. The maximum Gasteiger partial charge on any atom is 0.397 e. The molecule has 7 atom stereocenters. The number of allylic oxidation sites excluding steroid dienone is 1. The summed E-state index contributed by atoms with van der Waals surface area (Å²) in [5.41, 5.74) is 5.68. The highest BCUT2D eigenvalue weighted by molar-refractivity contribution is 7.80. The van der Waals surface area contributed by atoms with E-state index in [4.69, 9.17) is 38.3 Å². The highest BCUT2D eigenvalue weighted by Crippen LogP contribution is 2.47. The van der Waals surface area contributed by atoms with Gasteiger partial charge in [-0.25, -0.2) is 8.98 Å². The van der Waals surface area contributed by atoms with E-state index in [2.05, 4.69) is 4.18 Å². The van der Waals surface area contributed by atoms with Crippen molar-refractivity contribution in [2.75, 3.05) is 67.3 Å². The second kappa shape index (κ2) is 27.8. The minimum absolute atomic E-state index is 0.0132. The van der Waals surface area contributed by atoms with Crippen LogP contribution in [0.4, 0.5) is 0 Å². The molecule has 2 rings (SSSR count). The first-order valence-electron chi connectivity index (χ1n) is 20.8. The lowest BCUT2D eigenvalue weighted by molar-refractivity contribution is -0.870. The minimum Gasteiger partial charge on any atom is -0.606 e. The maximum absolute atomic E-state index is 12.0. The molecule has 17 nitrogen and oxygen atoms in total. The minimum atomic E-state index is -4.48. The molecule has 0 radical (unpaired) electrons. The zero-order valence-corrected chi connectivity index (χ0v) is 36.3. The van der Waals surface area contributed by atoms with Crippen molar-refractivity contribution < 1.29 is 74.4 Å². The Bertz CT molecular complexity index is 1230. The van der Waals surface area contributed by atoms with Crippen molar-refractivity contribution in [2.45, 2.75) is 158 Å². The van der Waals surface area contributed by atoms with Crippen LogP contribution in [-0.4, -0.2) is 142 Å². The van der Waals surface area contributed by atoms with Crippen molar-refractivity contribution in [2.24, 2.45) is 5.73 Å². The van der Waals surface area contributed by atoms with E-state index in [-0.39, 0.29) is 38.6 Å². The average Bonchev–Trinajstić information content (AvgIpc) is 3.44. The quantitative estimate of drug-likeness (QED) is 0.0152. The summed E-state index contributed by atoms with van der Waals surface area (Å²) in [7, 11) is -3.05. The number of likely N-dealkylation sites (N-methyl/N-ethyl adjacent to an activating group) is 1. The summed E-state index contributed by atoms with van der Waals surface area (Å²) in [4.78, 5) is 33.7. The second-order valence-corrected chi connectivity index (χ2v) is 18.9. The number of quaternary nitrogens is 1. The third-order valence-corrected chi connectivity index (χ3v) is 11.3. The molecule has 57 heavy (non-hydrogen) atoms. The first-order valence-corrected chi connectivity index (χ1v) is 23.7. The maximum atomic E-state index is 12.0. The lowest BCUT2D eigenvalue weighted by Crippen LogP contribution is -2.41. The number of hydrogen-bond acceptors (Lipinski definition) is 15. The topological polar surface area (TPSA) is 246 Å². The van der Waals surface area contributed by atoms with E-state index in [9.17, 15) is 33.2 Å². The zero-order chi connectivity index (χ0) is 42.2. The van der Waals surface area contributed by atoms with Crippen LogP contribution in [0.5, 0.6) is 0 Å². The van der Waals surface area contributed by atoms with Gasteiger partial charge in [-0.15, -0.1) is 0 Å². The molecular formula is C38H74N2O15PS+. The van der Waals surface area contributed by atoms with Gasteiger partial charge in [-0.1, -0.05) is 76.7 Å². The number of fused-ring (bicyclic) bond motifs is 2. The number of aliphatic hydroxyl groups is 2. The average molecular weight is 862 g/mol. The highest BCUT2D eigenvalue weighted by Gasteiger charge is 2.52. The van der Waals surface area contributed by atoms with Crippen LogP contribution < -0.4 is 10.6 Å². The number of carbonyl (C=O) groups excluding carboxylic acids is 1. The van der Waals surface area contributed by atoms with Crippen molar-refractivity contribution in [1.82, 2.24) is 0 Å². The van der Waals surface area contributed by atoms with Gasteiger partial charge >= 0.3 is 24.5 Å². The first kappa shape index (κ1) is 52.2. The molecule has 0 saturated carbocycles. The second-order valence-electron chi connectivity index (χ2n) is 16.4. The van der Waals surface area contributed by atoms with E-state index in [0.29, 0.717) is 36.9 Å². The van der Waals surface area contributed by atoms with Crippen molar-refractivity contribution >= 4 is 24.5 Å². The third-order valence-electron chi connectivity index (χ3n) is 9.87. The van der Waals surface area contributed by atoms with Gasteiger partial charge < -0.3 is 44.3 Å². The number of rotatable bonds is 35. The van der Waals surface area contributed by atoms with E-state index in [1.807, 2.05) is 21.1 Å². The van der Waals surface area contributed by atoms with Crippen molar-refractivity contribution in [3.63, 3.8) is 0 Å². The SMILES string of the molecule is C[N+](C)(C)CCO[P+]([O-])(O)OC[C@H](O)COC(=O)/C=C/CCCCC[C@H]1O[C@]2(CCCCCCCCCCCCCOCC(N)COS(=O)(=O)O)CC[C@@H](O)[C@H]1O2. The molecule has 2 aliphatic heterocycles. The van der Waals surface area contributed by atoms with Crippen LogP contribution in [0.3, 0.4) is 0 Å². The highest BCUT2D eigenvalue weighted by atomic mass is 32.3. The molecule has 2 fully saturated rings. The molecule has 0 aliphatic carbocycles. The van der Waals surface area contributed by atoms with Crippen LogP contribution in [0.25, 0.3) is 0 Å². The zero-order valence-electron chi connectivity index (χ0n) is 34.6. The van der Waals surface area contributed by atoms with Crippen LogP contribution >= 0.6 is 8.17 Å². The van der Waals surface area contributed by atoms with Crippen LogP contribution in [0.2, 0.25) is 0 Å². The standard InChI is InChI=1S/C38H73N2O15PS/c1-40(2,3)25-27-51-56(44,45)52-31-33(41)30-50-36(43)21-17-13-11-12-16-20-35-37-34(42)22-24-38(54-35,55-37)23-18-14-9-7-5-4-6-8-10-15-19-26-49-28-32(39)29-53-57(46,47)48/h17,21,32-35,37,41-42H,4-16,18-20,22-31,39H2,1-3H3,(H-,44,45,46,47,48)/p+1/b21-17+/t32?,33-,34-,35-,37-,38+/m1/s1. The summed E-state index contributed by atoms with van der Waals surface area (Å²) >= 11 is 0. The molecule has 2 bridgehead atoms. The van der Waals surface area contributed by atoms with Crippen molar-refractivity contribution in [1.29, 1.82) is 0 Å². The van der Waals surface area contributed by atoms with Gasteiger partial charge in [-0.3, -0.25) is 4.55 Å². The van der Waals surface area contributed by atoms with Crippen molar-refractivity contribution in [3.05, 3.63) is 12.2 Å². The molecule has 0 amide bonds. The molecule has 19 heteroatoms. The van der Waals surface area contributed by atoms with Gasteiger partial charge in [0, 0.05) is 25.5 Å². The predicted octanol–water partition coefficient (Wildman–Crippen LogP) is 3.65. The smallest absolute Gasteiger partial charge is 0.397 e. The summed E-state index contributed by atoms with van der Waals surface area (Å²) in [6, 6.07) is -0.608. The molecule has 0 aromatic heterocycles. The summed E-state index contributed by atoms with van der Waals surface area (Å²) in [5, 5.41) is 20.6. The van der Waals surface area contributed by atoms with Crippen LogP contribution in [0.1, 0.15) is 122 Å². The third kappa shape index (κ3) is 26.1. The molecule has 336 valence electrons. The Hall–Kier alpha value is -0.930. The lowest BCUT2D eigenvalue weighted by Gasteiger charge is -2.33. The molecule has 6 N–H and O–H groups in total. The summed E-state index contributed by atoms with van der Waals surface area (Å²) in [6.07, 6.45) is 19.9. The van der Waals surface area contributed by atoms with Gasteiger partial charge in [0.05, 0.1) is 52.6 Å². The Morgan fingerprint density at radius 1 is 0.912 bits per heavy atom. The monoisotopic (exact) mass is 861 g/mol. The number of nitrogens with zero attached hydrogens (tertiary/aromatic N) is 1. The van der Waals surface area contributed by atoms with Gasteiger partial charge in [0.1, 0.15) is 38.6 Å². The fraction of sp³-hybridized carbons (Fsp3) is 0.921. The van der Waals surface area contributed by atoms with Crippen LogP contribution in [0.15, 0.2) is 12.2 Å². The number of phosphoric ester groups is 1. The molecule has 2 aliphatic rings. The lowest BCUT2D eigenvalue weighted by atomic mass is 9.94. The molecule has 2 saturated heterocycles. The largest absolute Gasteiger partial charge is 0.606 e. The van der Waals surface area contributed by atoms with E-state index in [1.54, 1.807) is 6.08 Å². The van der Waals surface area contributed by atoms with E-state index in [1.165, 1.54) is 44.6 Å². The molecule has 0 aromatic carbocycles. The Morgan fingerprint density at radius 3 is 2.19 bits per heavy atom. The number of ether oxygens (including phenoxy) is 4. The molecule has 2 unspecified atom stereocenters. The van der Waals surface area contributed by atoms with Crippen LogP contribution in [-0.2, 0) is 47.4 Å². The summed E-state index contributed by atoms with van der Waals surface area (Å²) in [6.45, 7) is 0.0408. The summed E-state index contributed by atoms with van der Waals surface area (Å²) < 4.78 is 67.4. The van der Waals surface area contributed by atoms with Crippen molar-refractivity contribution in [3.8, 4) is 0 Å². The molecule has 0 aromatic rings. The molecule has 2 heterocycles. The number of hydrogen-bond donors (Lipinski definition) is 5. The van der Waals surface area contributed by atoms with Crippen LogP contribution in [0, 0.1) is 0 Å². The fourth-order valence-electron chi connectivity index (χ4n) is 6.67. The van der Waals surface area contributed by atoms with Gasteiger partial charge in [0.15, 0.2) is 5.79 Å². The number of carbonyl (C=O) groups is 1. The Kier molecular flexibility index (Phi) is 25.5. The van der Waals surface area contributed by atoms with E-state index < -0.39 is 55.2 Å². The number of unbranched alkanes of at least 4 members (excludes halogenated alkanes) is 13. The molecule has 0 spiro atoms.